The van der Waals surface area contributed by atoms with Gasteiger partial charge in [0.15, 0.2) is 0 Å². The van der Waals surface area contributed by atoms with E-state index >= 15 is 0 Å². The summed E-state index contributed by atoms with van der Waals surface area (Å²) in [5, 5.41) is 2.26. The summed E-state index contributed by atoms with van der Waals surface area (Å²) in [7, 11) is 0. The molecule has 3 rings (SSSR count). The Hall–Kier alpha value is -1.19. The van der Waals surface area contributed by atoms with Crippen LogP contribution in [0.3, 0.4) is 0 Å². The van der Waals surface area contributed by atoms with Crippen LogP contribution in [0.25, 0.3) is 0 Å². The normalized spacial score (nSPS) is 27.3. The molecule has 1 fully saturated rings. The topological polar surface area (TPSA) is 24.8 Å². The van der Waals surface area contributed by atoms with Crippen LogP contribution in [0.15, 0.2) is 29.3 Å². The zero-order valence-electron chi connectivity index (χ0n) is 17.7. The number of rotatable bonds is 4. The maximum absolute atomic E-state index is 6.42. The van der Waals surface area contributed by atoms with Crippen molar-refractivity contribution in [1.29, 1.82) is 0 Å². The molecule has 1 aromatic carbocycles. The minimum atomic E-state index is 0.0827. The lowest BCUT2D eigenvalue weighted by molar-refractivity contribution is -0.282. The van der Waals surface area contributed by atoms with E-state index < -0.39 is 0 Å². The predicted octanol–water partition coefficient (Wildman–Crippen LogP) is 5.56. The van der Waals surface area contributed by atoms with Gasteiger partial charge < -0.3 is 0 Å². The van der Waals surface area contributed by atoms with Gasteiger partial charge in [-0.3, -0.25) is 9.83 Å². The van der Waals surface area contributed by atoms with Gasteiger partial charge in [0.05, 0.1) is 12.6 Å². The molecule has 26 heavy (non-hydrogen) atoms. The third-order valence-corrected chi connectivity index (χ3v) is 6.10. The molecule has 0 spiro atoms. The van der Waals surface area contributed by atoms with E-state index in [0.717, 1.165) is 6.42 Å². The van der Waals surface area contributed by atoms with Gasteiger partial charge in [-0.15, -0.1) is 0 Å². The van der Waals surface area contributed by atoms with Gasteiger partial charge in [-0.05, 0) is 65.9 Å². The Kier molecular flexibility index (Phi) is 5.09. The number of hydrogen-bond acceptors (Lipinski definition) is 3. The Bertz CT molecular complexity index is 654. The Balaban J connectivity index is 1.73. The molecule has 144 valence electrons. The zero-order chi connectivity index (χ0) is 19.2. The highest BCUT2D eigenvalue weighted by atomic mass is 16.7. The molecule has 0 aliphatic carbocycles. The van der Waals surface area contributed by atoms with Crippen LogP contribution in [-0.4, -0.2) is 34.5 Å². The summed E-state index contributed by atoms with van der Waals surface area (Å²) in [6.45, 7) is 16.6. The lowest BCUT2D eigenvalue weighted by Gasteiger charge is -2.51. The van der Waals surface area contributed by atoms with E-state index in [4.69, 9.17) is 9.83 Å². The first-order valence-corrected chi connectivity index (χ1v) is 10.1. The second-order valence-corrected chi connectivity index (χ2v) is 10.2. The van der Waals surface area contributed by atoms with Gasteiger partial charge in [0.25, 0.3) is 0 Å². The highest BCUT2D eigenvalue weighted by molar-refractivity contribution is 6.05. The molecular weight excluding hydrogens is 320 g/mol. The van der Waals surface area contributed by atoms with Gasteiger partial charge in [-0.25, -0.2) is 0 Å². The average Bonchev–Trinajstić information content (AvgIpc) is 2.81. The lowest BCUT2D eigenvalue weighted by atomic mass is 9.81. The Labute approximate surface area is 159 Å². The average molecular weight is 357 g/mol. The van der Waals surface area contributed by atoms with E-state index in [2.05, 4.69) is 77.8 Å². The van der Waals surface area contributed by atoms with Crippen molar-refractivity contribution in [2.45, 2.75) is 91.3 Å². The first-order chi connectivity index (χ1) is 12.0. The van der Waals surface area contributed by atoms with Crippen molar-refractivity contribution in [2.75, 3.05) is 6.61 Å². The van der Waals surface area contributed by atoms with Gasteiger partial charge in [-0.1, -0.05) is 43.7 Å². The van der Waals surface area contributed by atoms with E-state index in [1.165, 1.54) is 36.1 Å². The minimum Gasteiger partial charge on any atom is -0.296 e. The van der Waals surface area contributed by atoms with Crippen LogP contribution in [0.2, 0.25) is 0 Å². The summed E-state index contributed by atoms with van der Waals surface area (Å²) < 4.78 is 0. The molecule has 1 unspecified atom stereocenters. The maximum atomic E-state index is 6.42. The summed E-state index contributed by atoms with van der Waals surface area (Å²) in [5.41, 5.74) is 4.03. The van der Waals surface area contributed by atoms with Crippen LogP contribution in [0, 0.1) is 12.3 Å². The van der Waals surface area contributed by atoms with Crippen molar-refractivity contribution < 1.29 is 4.84 Å². The second kappa shape index (κ2) is 6.76. The summed E-state index contributed by atoms with van der Waals surface area (Å²) in [4.78, 5) is 11.5. The molecule has 1 aromatic rings. The third kappa shape index (κ3) is 3.89. The van der Waals surface area contributed by atoms with Crippen LogP contribution >= 0.6 is 0 Å². The summed E-state index contributed by atoms with van der Waals surface area (Å²) in [5.74, 6) is 0. The van der Waals surface area contributed by atoms with Crippen molar-refractivity contribution in [1.82, 2.24) is 5.06 Å². The van der Waals surface area contributed by atoms with Crippen molar-refractivity contribution in [2.24, 2.45) is 10.4 Å². The molecule has 0 aromatic heterocycles. The number of aryl methyl sites for hydroxylation is 1. The van der Waals surface area contributed by atoms with Crippen LogP contribution in [0.1, 0.15) is 78.4 Å². The highest BCUT2D eigenvalue weighted by Crippen LogP contribution is 2.40. The van der Waals surface area contributed by atoms with Crippen molar-refractivity contribution in [3.63, 3.8) is 0 Å². The van der Waals surface area contributed by atoms with Crippen molar-refractivity contribution >= 4 is 5.71 Å². The fraction of sp³-hybridized carbons (Fsp3) is 0.696. The molecule has 2 aliphatic rings. The van der Waals surface area contributed by atoms with Crippen molar-refractivity contribution in [3.8, 4) is 0 Å². The Morgan fingerprint density at radius 1 is 1.00 bits per heavy atom. The van der Waals surface area contributed by atoms with Gasteiger partial charge >= 0.3 is 0 Å². The lowest BCUT2D eigenvalue weighted by Crippen LogP contribution is -2.58. The highest BCUT2D eigenvalue weighted by Gasteiger charge is 2.43. The van der Waals surface area contributed by atoms with Crippen LogP contribution in [-0.2, 0) is 4.84 Å². The van der Waals surface area contributed by atoms with E-state index in [0.29, 0.717) is 6.61 Å². The molecule has 3 nitrogen and oxygen atoms in total. The molecule has 3 heteroatoms. The summed E-state index contributed by atoms with van der Waals surface area (Å²) in [6.07, 6.45) is 4.69. The molecule has 1 saturated heterocycles. The Morgan fingerprint density at radius 2 is 1.58 bits per heavy atom. The molecule has 0 N–H and O–H groups in total. The van der Waals surface area contributed by atoms with Crippen LogP contribution in [0.5, 0.6) is 0 Å². The molecular formula is C23H36N2O. The second-order valence-electron chi connectivity index (χ2n) is 10.2. The van der Waals surface area contributed by atoms with Crippen molar-refractivity contribution in [3.05, 3.63) is 35.4 Å². The minimum absolute atomic E-state index is 0.0827. The number of nitrogens with zero attached hydrogens (tertiary/aromatic N) is 2. The fourth-order valence-corrected chi connectivity index (χ4v) is 4.85. The zero-order valence-corrected chi connectivity index (χ0v) is 17.7. The maximum Gasteiger partial charge on any atom is 0.0909 e. The molecule has 1 atom stereocenters. The SMILES string of the molecule is Cc1ccc(C2=NC(CON3C(C)(C)CCCC3(C)C)CC2(C)C)cc1. The number of hydrogen-bond donors (Lipinski definition) is 0. The summed E-state index contributed by atoms with van der Waals surface area (Å²) in [6, 6.07) is 8.99. The molecule has 0 bridgehead atoms. The first-order valence-electron chi connectivity index (χ1n) is 10.1. The van der Waals surface area contributed by atoms with Gasteiger partial charge in [0, 0.05) is 22.2 Å². The molecule has 0 radical (unpaired) electrons. The van der Waals surface area contributed by atoms with E-state index in [9.17, 15) is 0 Å². The fourth-order valence-electron chi connectivity index (χ4n) is 4.85. The number of piperidine rings is 1. The van der Waals surface area contributed by atoms with Gasteiger partial charge in [0.1, 0.15) is 0 Å². The van der Waals surface area contributed by atoms with Crippen LogP contribution in [0.4, 0.5) is 0 Å². The Morgan fingerprint density at radius 3 is 2.15 bits per heavy atom. The van der Waals surface area contributed by atoms with Crippen LogP contribution < -0.4 is 0 Å². The smallest absolute Gasteiger partial charge is 0.0909 e. The molecule has 2 aliphatic heterocycles. The van der Waals surface area contributed by atoms with Gasteiger partial charge in [0.2, 0.25) is 0 Å². The largest absolute Gasteiger partial charge is 0.296 e. The molecule has 0 saturated carbocycles. The molecule has 0 amide bonds. The van der Waals surface area contributed by atoms with E-state index in [-0.39, 0.29) is 22.5 Å². The number of aliphatic imine (C=N–C) groups is 1. The quantitative estimate of drug-likeness (QED) is 0.706. The third-order valence-electron chi connectivity index (χ3n) is 6.10. The summed E-state index contributed by atoms with van der Waals surface area (Å²) >= 11 is 0. The molecule has 2 heterocycles. The van der Waals surface area contributed by atoms with E-state index in [1.807, 2.05) is 0 Å². The number of benzene rings is 1. The van der Waals surface area contributed by atoms with E-state index in [1.54, 1.807) is 0 Å². The standard InChI is InChI=1S/C23H36N2O/c1-17-9-11-18(12-10-17)20-21(2,3)15-19(24-20)16-26-25-22(4,5)13-8-14-23(25,6)7/h9-12,19H,8,13-16H2,1-7H3. The van der Waals surface area contributed by atoms with Gasteiger partial charge in [-0.2, -0.15) is 5.06 Å². The predicted molar refractivity (Wildman–Crippen MR) is 110 cm³/mol. The first kappa shape index (κ1) is 19.6. The monoisotopic (exact) mass is 356 g/mol. The number of hydroxylamine groups is 2.